The molecule has 3 aromatic rings. The van der Waals surface area contributed by atoms with E-state index in [1.165, 1.54) is 37.4 Å². The number of nitrogens with one attached hydrogen (secondary N) is 2. The summed E-state index contributed by atoms with van der Waals surface area (Å²) >= 11 is 6.18. The predicted octanol–water partition coefficient (Wildman–Crippen LogP) is 5.02. The molecule has 30 heavy (non-hydrogen) atoms. The number of amides is 1. The number of hydrogen-bond acceptors (Lipinski definition) is 4. The van der Waals surface area contributed by atoms with Gasteiger partial charge >= 0.3 is 0 Å². The van der Waals surface area contributed by atoms with Gasteiger partial charge in [-0.3, -0.25) is 9.52 Å². The van der Waals surface area contributed by atoms with Crippen LogP contribution in [0.4, 0.5) is 11.4 Å². The van der Waals surface area contributed by atoms with Gasteiger partial charge < -0.3 is 10.1 Å². The topological polar surface area (TPSA) is 84.5 Å². The Bertz CT molecular complexity index is 1190. The SMILES string of the molecule is COc1ccc(S(=O)(=O)Nc2ccc(Cl)c(C(=O)Nc3ccc(C)c(C)c3)c2)cc1. The lowest BCUT2D eigenvalue weighted by Crippen LogP contribution is -2.15. The van der Waals surface area contributed by atoms with Crippen molar-refractivity contribution >= 4 is 38.9 Å². The van der Waals surface area contributed by atoms with Gasteiger partial charge in [-0.1, -0.05) is 17.7 Å². The average molecular weight is 445 g/mol. The molecule has 0 aliphatic rings. The molecule has 1 amide bonds. The van der Waals surface area contributed by atoms with Crippen molar-refractivity contribution in [1.29, 1.82) is 0 Å². The van der Waals surface area contributed by atoms with Gasteiger partial charge in [0.15, 0.2) is 0 Å². The van der Waals surface area contributed by atoms with E-state index in [1.807, 2.05) is 26.0 Å². The van der Waals surface area contributed by atoms with Crippen molar-refractivity contribution in [3.05, 3.63) is 82.4 Å². The minimum atomic E-state index is -3.84. The molecule has 0 aliphatic heterocycles. The zero-order valence-corrected chi connectivity index (χ0v) is 18.3. The number of aryl methyl sites for hydroxylation is 2. The van der Waals surface area contributed by atoms with Crippen molar-refractivity contribution in [2.24, 2.45) is 0 Å². The van der Waals surface area contributed by atoms with E-state index >= 15 is 0 Å². The maximum atomic E-state index is 12.7. The summed E-state index contributed by atoms with van der Waals surface area (Å²) in [6, 6.07) is 15.9. The zero-order valence-electron chi connectivity index (χ0n) is 16.7. The molecule has 0 spiro atoms. The number of ether oxygens (including phenoxy) is 1. The smallest absolute Gasteiger partial charge is 0.261 e. The minimum Gasteiger partial charge on any atom is -0.497 e. The van der Waals surface area contributed by atoms with Crippen LogP contribution in [-0.2, 0) is 10.0 Å². The van der Waals surface area contributed by atoms with Crippen LogP contribution in [0.2, 0.25) is 5.02 Å². The first-order valence-corrected chi connectivity index (χ1v) is 10.9. The van der Waals surface area contributed by atoms with Gasteiger partial charge in [0, 0.05) is 11.4 Å². The summed E-state index contributed by atoms with van der Waals surface area (Å²) < 4.78 is 32.8. The highest BCUT2D eigenvalue weighted by Crippen LogP contribution is 2.25. The maximum Gasteiger partial charge on any atom is 0.261 e. The van der Waals surface area contributed by atoms with Crippen molar-refractivity contribution < 1.29 is 17.9 Å². The Morgan fingerprint density at radius 1 is 0.900 bits per heavy atom. The van der Waals surface area contributed by atoms with Gasteiger partial charge in [-0.25, -0.2) is 8.42 Å². The summed E-state index contributed by atoms with van der Waals surface area (Å²) in [6.45, 7) is 3.93. The van der Waals surface area contributed by atoms with Crippen LogP contribution in [0.15, 0.2) is 65.6 Å². The van der Waals surface area contributed by atoms with E-state index < -0.39 is 15.9 Å². The van der Waals surface area contributed by atoms with Gasteiger partial charge in [0.1, 0.15) is 5.75 Å². The van der Waals surface area contributed by atoms with E-state index in [-0.39, 0.29) is 21.2 Å². The van der Waals surface area contributed by atoms with Gasteiger partial charge in [0.2, 0.25) is 0 Å². The summed E-state index contributed by atoms with van der Waals surface area (Å²) in [4.78, 5) is 12.8. The molecule has 0 fully saturated rings. The molecule has 0 saturated carbocycles. The summed E-state index contributed by atoms with van der Waals surface area (Å²) in [5.41, 5.74) is 3.16. The Labute approximate surface area is 180 Å². The highest BCUT2D eigenvalue weighted by Gasteiger charge is 2.17. The third-order valence-electron chi connectivity index (χ3n) is 4.60. The molecule has 0 radical (unpaired) electrons. The van der Waals surface area contributed by atoms with Gasteiger partial charge in [0.05, 0.1) is 22.6 Å². The molecule has 156 valence electrons. The summed E-state index contributed by atoms with van der Waals surface area (Å²) in [5.74, 6) is 0.111. The fraction of sp³-hybridized carbons (Fsp3) is 0.136. The number of rotatable bonds is 6. The normalized spacial score (nSPS) is 11.1. The van der Waals surface area contributed by atoms with Gasteiger partial charge in [-0.05, 0) is 79.6 Å². The van der Waals surface area contributed by atoms with Gasteiger partial charge in [0.25, 0.3) is 15.9 Å². The molecule has 2 N–H and O–H groups in total. The Kier molecular flexibility index (Phi) is 6.34. The first-order valence-electron chi connectivity index (χ1n) is 9.04. The van der Waals surface area contributed by atoms with Crippen molar-refractivity contribution in [1.82, 2.24) is 0 Å². The van der Waals surface area contributed by atoms with Crippen molar-refractivity contribution in [2.45, 2.75) is 18.7 Å². The fourth-order valence-electron chi connectivity index (χ4n) is 2.75. The lowest BCUT2D eigenvalue weighted by Gasteiger charge is -2.12. The fourth-order valence-corrected chi connectivity index (χ4v) is 4.00. The third kappa shape index (κ3) is 4.93. The number of methoxy groups -OCH3 is 1. The molecule has 0 bridgehead atoms. The van der Waals surface area contributed by atoms with Crippen LogP contribution in [0.3, 0.4) is 0 Å². The highest BCUT2D eigenvalue weighted by molar-refractivity contribution is 7.92. The zero-order chi connectivity index (χ0) is 21.9. The van der Waals surface area contributed by atoms with Crippen LogP contribution in [0.1, 0.15) is 21.5 Å². The second-order valence-electron chi connectivity index (χ2n) is 6.73. The quantitative estimate of drug-likeness (QED) is 0.559. The molecular weight excluding hydrogens is 424 g/mol. The van der Waals surface area contributed by atoms with E-state index in [4.69, 9.17) is 16.3 Å². The lowest BCUT2D eigenvalue weighted by molar-refractivity contribution is 0.102. The molecule has 0 aliphatic carbocycles. The Hall–Kier alpha value is -3.03. The summed E-state index contributed by atoms with van der Waals surface area (Å²) in [5, 5.41) is 3.00. The summed E-state index contributed by atoms with van der Waals surface area (Å²) in [7, 11) is -2.34. The molecule has 0 heterocycles. The van der Waals surface area contributed by atoms with Crippen LogP contribution < -0.4 is 14.8 Å². The van der Waals surface area contributed by atoms with Crippen LogP contribution >= 0.6 is 11.6 Å². The Morgan fingerprint density at radius 2 is 1.57 bits per heavy atom. The molecule has 0 saturated heterocycles. The standard InChI is InChI=1S/C22H21ClN2O4S/c1-14-4-5-16(12-15(14)2)24-22(26)20-13-17(6-11-21(20)23)25-30(27,28)19-9-7-18(29-3)8-10-19/h4-13,25H,1-3H3,(H,24,26). The van der Waals surface area contributed by atoms with Crippen molar-refractivity contribution in [3.63, 3.8) is 0 Å². The van der Waals surface area contributed by atoms with Crippen LogP contribution in [0.25, 0.3) is 0 Å². The molecule has 0 aromatic heterocycles. The van der Waals surface area contributed by atoms with Gasteiger partial charge in [-0.15, -0.1) is 0 Å². The number of anilines is 2. The Balaban J connectivity index is 1.83. The number of halogens is 1. The predicted molar refractivity (Wildman–Crippen MR) is 119 cm³/mol. The number of sulfonamides is 1. The van der Waals surface area contributed by atoms with Crippen LogP contribution in [0.5, 0.6) is 5.75 Å². The maximum absolute atomic E-state index is 12.7. The first kappa shape index (κ1) is 21.7. The van der Waals surface area contributed by atoms with Crippen molar-refractivity contribution in [3.8, 4) is 5.75 Å². The lowest BCUT2D eigenvalue weighted by atomic mass is 10.1. The molecule has 3 rings (SSSR count). The van der Waals surface area contributed by atoms with Crippen molar-refractivity contribution in [2.75, 3.05) is 17.1 Å². The second kappa shape index (κ2) is 8.77. The minimum absolute atomic E-state index is 0.0689. The van der Waals surface area contributed by atoms with E-state index in [1.54, 1.807) is 18.2 Å². The molecule has 0 atom stereocenters. The largest absolute Gasteiger partial charge is 0.497 e. The molecule has 8 heteroatoms. The monoisotopic (exact) mass is 444 g/mol. The number of carbonyl (C=O) groups is 1. The van der Waals surface area contributed by atoms with E-state index in [9.17, 15) is 13.2 Å². The Morgan fingerprint density at radius 3 is 2.20 bits per heavy atom. The number of carbonyl (C=O) groups excluding carboxylic acids is 1. The highest BCUT2D eigenvalue weighted by atomic mass is 35.5. The second-order valence-corrected chi connectivity index (χ2v) is 8.82. The van der Waals surface area contributed by atoms with E-state index in [0.717, 1.165) is 11.1 Å². The van der Waals surface area contributed by atoms with Gasteiger partial charge in [-0.2, -0.15) is 0 Å². The average Bonchev–Trinajstić information content (AvgIpc) is 2.72. The first-order chi connectivity index (χ1) is 14.2. The van der Waals surface area contributed by atoms with E-state index in [2.05, 4.69) is 10.0 Å². The summed E-state index contributed by atoms with van der Waals surface area (Å²) in [6.07, 6.45) is 0. The van der Waals surface area contributed by atoms with Crippen LogP contribution in [-0.4, -0.2) is 21.4 Å². The molecule has 0 unspecified atom stereocenters. The molecule has 3 aromatic carbocycles. The molecular formula is C22H21ClN2O4S. The molecule has 6 nitrogen and oxygen atoms in total. The van der Waals surface area contributed by atoms with Crippen LogP contribution in [0, 0.1) is 13.8 Å². The third-order valence-corrected chi connectivity index (χ3v) is 6.32. The van der Waals surface area contributed by atoms with E-state index in [0.29, 0.717) is 11.4 Å². The number of hydrogen-bond donors (Lipinski definition) is 2. The number of benzene rings is 3.